The topological polar surface area (TPSA) is 74.0 Å². The van der Waals surface area contributed by atoms with Gasteiger partial charge in [0.2, 0.25) is 0 Å². The molecule has 0 atom stereocenters. The van der Waals surface area contributed by atoms with Gasteiger partial charge in [-0.25, -0.2) is 18.6 Å². The summed E-state index contributed by atoms with van der Waals surface area (Å²) >= 11 is 5.96. The van der Waals surface area contributed by atoms with E-state index < -0.39 is 11.6 Å². The van der Waals surface area contributed by atoms with Crippen LogP contribution in [-0.2, 0) is 19.5 Å². The van der Waals surface area contributed by atoms with Crippen LogP contribution in [0.2, 0.25) is 5.15 Å². The monoisotopic (exact) mass is 517 g/mol. The number of benzene rings is 2. The first kappa shape index (κ1) is 24.6. The SMILES string of the molecule is N#Cc1ccc2c(c1)c1c(n2C(=O)NCc2ccnc(Cl)c2)CCN(CC=Cc2ccc(F)cc2F)C1. The second-order valence-electron chi connectivity index (χ2n) is 8.80. The molecule has 0 saturated heterocycles. The zero-order valence-corrected chi connectivity index (χ0v) is 20.5. The first-order valence-corrected chi connectivity index (χ1v) is 12.1. The highest BCUT2D eigenvalue weighted by molar-refractivity contribution is 6.29. The van der Waals surface area contributed by atoms with Crippen molar-refractivity contribution < 1.29 is 13.6 Å². The van der Waals surface area contributed by atoms with Crippen LogP contribution in [0, 0.1) is 23.0 Å². The van der Waals surface area contributed by atoms with E-state index in [0.717, 1.165) is 33.8 Å². The second kappa shape index (κ2) is 10.5. The smallest absolute Gasteiger partial charge is 0.326 e. The molecule has 0 unspecified atom stereocenters. The number of nitrogens with zero attached hydrogens (tertiary/aromatic N) is 4. The van der Waals surface area contributed by atoms with Crippen molar-refractivity contribution in [1.29, 1.82) is 5.26 Å². The Morgan fingerprint density at radius 2 is 2.05 bits per heavy atom. The quantitative estimate of drug-likeness (QED) is 0.346. The van der Waals surface area contributed by atoms with Crippen molar-refractivity contribution >= 4 is 34.6 Å². The van der Waals surface area contributed by atoms with Crippen LogP contribution in [0.1, 0.15) is 27.9 Å². The molecule has 3 heterocycles. The predicted octanol–water partition coefficient (Wildman–Crippen LogP) is 5.67. The Bertz CT molecular complexity index is 1570. The Hall–Kier alpha value is -4.06. The summed E-state index contributed by atoms with van der Waals surface area (Å²) in [5.74, 6) is -1.22. The molecule has 0 fully saturated rings. The predicted molar refractivity (Wildman–Crippen MR) is 138 cm³/mol. The highest BCUT2D eigenvalue weighted by Gasteiger charge is 2.26. The van der Waals surface area contributed by atoms with Gasteiger partial charge in [0.1, 0.15) is 16.8 Å². The van der Waals surface area contributed by atoms with Crippen molar-refractivity contribution in [1.82, 2.24) is 19.8 Å². The van der Waals surface area contributed by atoms with Gasteiger partial charge in [-0.05, 0) is 53.6 Å². The Balaban J connectivity index is 1.39. The number of aromatic nitrogens is 2. The summed E-state index contributed by atoms with van der Waals surface area (Å²) in [7, 11) is 0. The molecule has 1 aliphatic rings. The summed E-state index contributed by atoms with van der Waals surface area (Å²) in [5, 5.41) is 13.6. The van der Waals surface area contributed by atoms with Gasteiger partial charge in [-0.3, -0.25) is 9.47 Å². The van der Waals surface area contributed by atoms with Crippen molar-refractivity contribution in [2.24, 2.45) is 0 Å². The number of nitriles is 1. The lowest BCUT2D eigenvalue weighted by atomic mass is 10.0. The van der Waals surface area contributed by atoms with Crippen LogP contribution in [-0.4, -0.2) is 33.6 Å². The van der Waals surface area contributed by atoms with E-state index in [1.165, 1.54) is 12.1 Å². The van der Waals surface area contributed by atoms with Crippen molar-refractivity contribution in [3.8, 4) is 6.07 Å². The number of rotatable bonds is 5. The molecule has 2 aromatic carbocycles. The van der Waals surface area contributed by atoms with Gasteiger partial charge in [0.25, 0.3) is 0 Å². The van der Waals surface area contributed by atoms with Crippen LogP contribution in [0.15, 0.2) is 60.8 Å². The van der Waals surface area contributed by atoms with Crippen molar-refractivity contribution in [2.45, 2.75) is 19.5 Å². The molecule has 37 heavy (non-hydrogen) atoms. The number of hydrogen-bond donors (Lipinski definition) is 1. The minimum Gasteiger partial charge on any atom is -0.333 e. The molecule has 6 nitrogen and oxygen atoms in total. The Kier molecular flexibility index (Phi) is 6.99. The minimum atomic E-state index is -0.611. The van der Waals surface area contributed by atoms with Gasteiger partial charge >= 0.3 is 6.03 Å². The van der Waals surface area contributed by atoms with Gasteiger partial charge in [-0.1, -0.05) is 23.8 Å². The third kappa shape index (κ3) is 5.24. The molecule has 1 amide bonds. The van der Waals surface area contributed by atoms with Gasteiger partial charge in [-0.15, -0.1) is 0 Å². The lowest BCUT2D eigenvalue weighted by Crippen LogP contribution is -2.34. The summed E-state index contributed by atoms with van der Waals surface area (Å²) in [5.41, 5.74) is 4.30. The molecule has 9 heteroatoms. The summed E-state index contributed by atoms with van der Waals surface area (Å²) in [6.45, 7) is 2.10. The van der Waals surface area contributed by atoms with E-state index in [4.69, 9.17) is 11.6 Å². The Labute approximate surface area is 217 Å². The highest BCUT2D eigenvalue weighted by atomic mass is 35.5. The molecule has 2 aromatic heterocycles. The number of amides is 1. The molecule has 0 spiro atoms. The van der Waals surface area contributed by atoms with Crippen LogP contribution in [0.4, 0.5) is 13.6 Å². The third-order valence-corrected chi connectivity index (χ3v) is 6.62. The van der Waals surface area contributed by atoms with Crippen LogP contribution in [0.3, 0.4) is 0 Å². The zero-order valence-electron chi connectivity index (χ0n) is 19.7. The van der Waals surface area contributed by atoms with Crippen LogP contribution in [0.25, 0.3) is 17.0 Å². The number of pyridine rings is 1. The average molecular weight is 518 g/mol. The highest BCUT2D eigenvalue weighted by Crippen LogP contribution is 2.32. The normalized spacial score (nSPS) is 13.6. The molecule has 5 rings (SSSR count). The average Bonchev–Trinajstić information content (AvgIpc) is 3.21. The first-order chi connectivity index (χ1) is 17.9. The standard InChI is InChI=1S/C28H22ClF2N5O/c29-27-13-19(7-9-33-27)16-34-28(37)36-25-6-3-18(15-32)12-22(25)23-17-35(11-8-26(23)36)10-1-2-20-4-5-21(30)14-24(20)31/h1-7,9,12-14H,8,10-11,16-17H2,(H,34,37). The maximum Gasteiger partial charge on any atom is 0.326 e. The molecule has 0 aliphatic carbocycles. The van der Waals surface area contributed by atoms with Crippen LogP contribution < -0.4 is 5.32 Å². The van der Waals surface area contributed by atoms with E-state index in [2.05, 4.69) is 21.3 Å². The van der Waals surface area contributed by atoms with Gasteiger partial charge in [0.05, 0.1) is 17.1 Å². The molecule has 0 bridgehead atoms. The van der Waals surface area contributed by atoms with Crippen molar-refractivity contribution in [3.63, 3.8) is 0 Å². The molecule has 186 valence electrons. The lowest BCUT2D eigenvalue weighted by Gasteiger charge is -2.27. The fourth-order valence-electron chi connectivity index (χ4n) is 4.65. The molecule has 1 aliphatic heterocycles. The van der Waals surface area contributed by atoms with E-state index >= 15 is 0 Å². The third-order valence-electron chi connectivity index (χ3n) is 6.42. The molecule has 1 N–H and O–H groups in total. The van der Waals surface area contributed by atoms with E-state index in [9.17, 15) is 18.8 Å². The number of hydrogen-bond acceptors (Lipinski definition) is 4. The van der Waals surface area contributed by atoms with E-state index in [1.54, 1.807) is 41.1 Å². The molecule has 0 saturated carbocycles. The Morgan fingerprint density at radius 1 is 1.19 bits per heavy atom. The maximum atomic E-state index is 13.9. The molecule has 0 radical (unpaired) electrons. The minimum absolute atomic E-state index is 0.260. The fourth-order valence-corrected chi connectivity index (χ4v) is 4.84. The number of fused-ring (bicyclic) bond motifs is 3. The number of nitrogens with one attached hydrogen (secondary N) is 1. The number of carbonyl (C=O) groups excluding carboxylic acids is 1. The van der Waals surface area contributed by atoms with E-state index in [0.29, 0.717) is 48.9 Å². The van der Waals surface area contributed by atoms with Gasteiger partial charge in [-0.2, -0.15) is 5.26 Å². The lowest BCUT2D eigenvalue weighted by molar-refractivity contribution is 0.240. The van der Waals surface area contributed by atoms with E-state index in [1.807, 2.05) is 12.1 Å². The summed E-state index contributed by atoms with van der Waals surface area (Å²) in [6.07, 6.45) is 5.70. The second-order valence-corrected chi connectivity index (χ2v) is 9.19. The van der Waals surface area contributed by atoms with Gasteiger partial charge in [0.15, 0.2) is 0 Å². The van der Waals surface area contributed by atoms with E-state index in [-0.39, 0.29) is 6.03 Å². The largest absolute Gasteiger partial charge is 0.333 e. The van der Waals surface area contributed by atoms with Crippen molar-refractivity contribution in [3.05, 3.63) is 106 Å². The Morgan fingerprint density at radius 3 is 2.84 bits per heavy atom. The van der Waals surface area contributed by atoms with Crippen molar-refractivity contribution in [2.75, 3.05) is 13.1 Å². The van der Waals surface area contributed by atoms with Crippen LogP contribution in [0.5, 0.6) is 0 Å². The summed E-state index contributed by atoms with van der Waals surface area (Å²) in [4.78, 5) is 19.5. The molecular weight excluding hydrogens is 496 g/mol. The zero-order chi connectivity index (χ0) is 25.9. The fraction of sp³-hybridized carbons (Fsp3) is 0.179. The summed E-state index contributed by atoms with van der Waals surface area (Å²) in [6, 6.07) is 14.2. The molecular formula is C28H22ClF2N5O. The first-order valence-electron chi connectivity index (χ1n) is 11.7. The summed E-state index contributed by atoms with van der Waals surface area (Å²) < 4.78 is 28.8. The van der Waals surface area contributed by atoms with Gasteiger partial charge < -0.3 is 5.32 Å². The van der Waals surface area contributed by atoms with Crippen LogP contribution >= 0.6 is 11.6 Å². The maximum absolute atomic E-state index is 13.9. The molecule has 4 aromatic rings. The number of halogens is 3. The number of carbonyl (C=O) groups is 1. The van der Waals surface area contributed by atoms with Gasteiger partial charge in [0, 0.05) is 61.5 Å².